The van der Waals surface area contributed by atoms with Gasteiger partial charge in [0.1, 0.15) is 5.75 Å². The van der Waals surface area contributed by atoms with E-state index in [2.05, 4.69) is 39.1 Å². The van der Waals surface area contributed by atoms with Gasteiger partial charge in [-0.1, -0.05) is 11.6 Å². The highest BCUT2D eigenvalue weighted by Crippen LogP contribution is 2.31. The molecule has 0 radical (unpaired) electrons. The van der Waals surface area contributed by atoms with E-state index >= 15 is 0 Å². The van der Waals surface area contributed by atoms with Crippen molar-refractivity contribution in [2.75, 3.05) is 51.8 Å². The number of hydrogen-bond donors (Lipinski definition) is 1. The van der Waals surface area contributed by atoms with Gasteiger partial charge < -0.3 is 19.7 Å². The fraction of sp³-hybridized carbons (Fsp3) is 0.440. The first-order valence-corrected chi connectivity index (χ1v) is 12.4. The predicted molar refractivity (Wildman–Crippen MR) is 137 cm³/mol. The van der Waals surface area contributed by atoms with Gasteiger partial charge in [0.2, 0.25) is 5.95 Å². The highest BCUT2D eigenvalue weighted by Gasteiger charge is 2.35. The van der Waals surface area contributed by atoms with Crippen LogP contribution in [0.3, 0.4) is 0 Å². The molecule has 0 atom stereocenters. The summed E-state index contributed by atoms with van der Waals surface area (Å²) in [7, 11) is 1.57. The number of amides is 1. The van der Waals surface area contributed by atoms with E-state index in [1.54, 1.807) is 37.7 Å². The van der Waals surface area contributed by atoms with Crippen molar-refractivity contribution in [1.29, 1.82) is 0 Å². The molecule has 3 aromatic rings. The molecule has 2 fully saturated rings. The topological polar surface area (TPSA) is 97.6 Å². The number of benzene rings is 1. The number of likely N-dealkylation sites (tertiary alicyclic amines) is 1. The number of anilines is 2. The average molecular weight is 512 g/mol. The third-order valence-corrected chi connectivity index (χ3v) is 6.83. The number of carbonyl (C=O) groups is 1. The van der Waals surface area contributed by atoms with Gasteiger partial charge in [0.25, 0.3) is 5.91 Å². The first-order valence-electron chi connectivity index (χ1n) is 12.1. The molecule has 2 aliphatic rings. The molecule has 2 aromatic heterocycles. The van der Waals surface area contributed by atoms with E-state index in [1.807, 2.05) is 15.8 Å². The molecule has 1 amide bonds. The van der Waals surface area contributed by atoms with Crippen LogP contribution in [0.4, 0.5) is 11.6 Å². The summed E-state index contributed by atoms with van der Waals surface area (Å²) >= 11 is 6.38. The van der Waals surface area contributed by atoms with Crippen LogP contribution in [0.2, 0.25) is 5.02 Å². The molecular formula is C25H30ClN7O3. The Labute approximate surface area is 215 Å². The van der Waals surface area contributed by atoms with Crippen molar-refractivity contribution in [1.82, 2.24) is 29.5 Å². The lowest BCUT2D eigenvalue weighted by Crippen LogP contribution is -2.62. The molecule has 36 heavy (non-hydrogen) atoms. The van der Waals surface area contributed by atoms with E-state index < -0.39 is 0 Å². The number of rotatable bonds is 7. The van der Waals surface area contributed by atoms with Gasteiger partial charge in [0.15, 0.2) is 0 Å². The highest BCUT2D eigenvalue weighted by atomic mass is 35.5. The van der Waals surface area contributed by atoms with Gasteiger partial charge >= 0.3 is 0 Å². The molecule has 0 saturated carbocycles. The van der Waals surface area contributed by atoms with Crippen LogP contribution in [0, 0.1) is 0 Å². The van der Waals surface area contributed by atoms with Gasteiger partial charge in [-0.3, -0.25) is 14.4 Å². The summed E-state index contributed by atoms with van der Waals surface area (Å²) in [5, 5.41) is 7.99. The Morgan fingerprint density at radius 2 is 2.00 bits per heavy atom. The standard InChI is InChI=1S/C25H30ClN7O3/c1-16(2)33-13-18(11-28-33)23-20(26)12-27-25(30-23)29-21-5-4-17(10-22(21)35-3)24(34)32-14-19(15-32)31-6-8-36-9-7-31/h4-5,10-13,16,19H,6-9,14-15H2,1-3H3,(H,27,29,30). The third-order valence-electron chi connectivity index (χ3n) is 6.55. The third kappa shape index (κ3) is 5.02. The molecule has 190 valence electrons. The zero-order valence-electron chi connectivity index (χ0n) is 20.6. The molecule has 0 bridgehead atoms. The SMILES string of the molecule is COc1cc(C(=O)N2CC(N3CCOCC3)C2)ccc1Nc1ncc(Cl)c(-c2cnn(C(C)C)c2)n1. The van der Waals surface area contributed by atoms with Crippen molar-refractivity contribution in [3.05, 3.63) is 47.4 Å². The summed E-state index contributed by atoms with van der Waals surface area (Å²) in [4.78, 5) is 26.2. The minimum absolute atomic E-state index is 0.00319. The maximum absolute atomic E-state index is 13.0. The summed E-state index contributed by atoms with van der Waals surface area (Å²) in [6.45, 7) is 8.94. The Morgan fingerprint density at radius 1 is 1.22 bits per heavy atom. The summed E-state index contributed by atoms with van der Waals surface area (Å²) in [6, 6.07) is 5.97. The van der Waals surface area contributed by atoms with Crippen molar-refractivity contribution in [2.45, 2.75) is 25.9 Å². The van der Waals surface area contributed by atoms with Crippen molar-refractivity contribution < 1.29 is 14.3 Å². The molecule has 0 spiro atoms. The van der Waals surface area contributed by atoms with Crippen LogP contribution in [0.15, 0.2) is 36.8 Å². The van der Waals surface area contributed by atoms with E-state index in [1.165, 1.54) is 0 Å². The van der Waals surface area contributed by atoms with Crippen LogP contribution in [-0.2, 0) is 4.74 Å². The number of halogens is 1. The molecule has 0 unspecified atom stereocenters. The van der Waals surface area contributed by atoms with Crippen LogP contribution in [0.25, 0.3) is 11.3 Å². The maximum Gasteiger partial charge on any atom is 0.254 e. The van der Waals surface area contributed by atoms with Gasteiger partial charge in [-0.05, 0) is 32.0 Å². The van der Waals surface area contributed by atoms with Gasteiger partial charge in [-0.15, -0.1) is 0 Å². The van der Waals surface area contributed by atoms with Crippen molar-refractivity contribution >= 4 is 29.1 Å². The molecule has 2 aliphatic heterocycles. The van der Waals surface area contributed by atoms with Gasteiger partial charge in [-0.2, -0.15) is 5.10 Å². The molecule has 11 heteroatoms. The average Bonchev–Trinajstić information content (AvgIpc) is 3.36. The summed E-state index contributed by atoms with van der Waals surface area (Å²) < 4.78 is 12.8. The molecule has 2 saturated heterocycles. The van der Waals surface area contributed by atoms with Gasteiger partial charge in [0.05, 0.1) is 49.1 Å². The van der Waals surface area contributed by atoms with Crippen molar-refractivity contribution in [3.8, 4) is 17.0 Å². The number of ether oxygens (including phenoxy) is 2. The zero-order chi connectivity index (χ0) is 25.2. The van der Waals surface area contributed by atoms with Crippen molar-refractivity contribution in [2.24, 2.45) is 0 Å². The Balaban J connectivity index is 1.29. The largest absolute Gasteiger partial charge is 0.495 e. The summed E-state index contributed by atoms with van der Waals surface area (Å²) in [6.07, 6.45) is 5.19. The first kappa shape index (κ1) is 24.5. The minimum atomic E-state index is -0.00319. The molecule has 0 aliphatic carbocycles. The molecule has 4 heterocycles. The predicted octanol–water partition coefficient (Wildman–Crippen LogP) is 3.48. The number of morpholine rings is 1. The molecule has 1 aromatic carbocycles. The zero-order valence-corrected chi connectivity index (χ0v) is 21.4. The molecule has 1 N–H and O–H groups in total. The summed E-state index contributed by atoms with van der Waals surface area (Å²) in [5.41, 5.74) is 2.61. The monoisotopic (exact) mass is 511 g/mol. The second-order valence-corrected chi connectivity index (χ2v) is 9.65. The Hall–Kier alpha value is -3.21. The number of aromatic nitrogens is 4. The lowest BCUT2D eigenvalue weighted by molar-refractivity contribution is -0.0256. The Kier molecular flexibility index (Phi) is 7.08. The Morgan fingerprint density at radius 3 is 2.69 bits per heavy atom. The summed E-state index contributed by atoms with van der Waals surface area (Å²) in [5.74, 6) is 0.885. The normalized spacial score (nSPS) is 16.8. The van der Waals surface area contributed by atoms with Crippen molar-refractivity contribution in [3.63, 3.8) is 0 Å². The van der Waals surface area contributed by atoms with Crippen LogP contribution in [0.5, 0.6) is 5.75 Å². The lowest BCUT2D eigenvalue weighted by atomic mass is 10.0. The van der Waals surface area contributed by atoms with Gasteiger partial charge in [0, 0.05) is 55.6 Å². The molecular weight excluding hydrogens is 482 g/mol. The fourth-order valence-corrected chi connectivity index (χ4v) is 4.60. The molecule has 10 nitrogen and oxygen atoms in total. The second-order valence-electron chi connectivity index (χ2n) is 9.25. The lowest BCUT2D eigenvalue weighted by Gasteiger charge is -2.46. The van der Waals surface area contributed by atoms with Crippen LogP contribution in [0.1, 0.15) is 30.2 Å². The van der Waals surface area contributed by atoms with E-state index in [9.17, 15) is 4.79 Å². The number of hydrogen-bond acceptors (Lipinski definition) is 8. The first-order chi connectivity index (χ1) is 17.4. The van der Waals surface area contributed by atoms with E-state index in [-0.39, 0.29) is 11.9 Å². The van der Waals surface area contributed by atoms with E-state index in [0.29, 0.717) is 39.7 Å². The maximum atomic E-state index is 13.0. The van der Waals surface area contributed by atoms with Crippen LogP contribution >= 0.6 is 11.6 Å². The van der Waals surface area contributed by atoms with Crippen LogP contribution < -0.4 is 10.1 Å². The second kappa shape index (κ2) is 10.4. The number of nitrogens with one attached hydrogen (secondary N) is 1. The van der Waals surface area contributed by atoms with Gasteiger partial charge in [-0.25, -0.2) is 9.97 Å². The fourth-order valence-electron chi connectivity index (χ4n) is 4.40. The molecule has 5 rings (SSSR count). The Bertz CT molecular complexity index is 1240. The van der Waals surface area contributed by atoms with E-state index in [0.717, 1.165) is 45.0 Å². The van der Waals surface area contributed by atoms with Crippen LogP contribution in [-0.4, -0.2) is 88.0 Å². The minimum Gasteiger partial charge on any atom is -0.495 e. The quantitative estimate of drug-likeness (QED) is 0.515. The number of carbonyl (C=O) groups excluding carboxylic acids is 1. The highest BCUT2D eigenvalue weighted by molar-refractivity contribution is 6.32. The number of methoxy groups -OCH3 is 1. The number of nitrogens with zero attached hydrogens (tertiary/aromatic N) is 6. The smallest absolute Gasteiger partial charge is 0.254 e. The van der Waals surface area contributed by atoms with E-state index in [4.69, 9.17) is 21.1 Å².